The summed E-state index contributed by atoms with van der Waals surface area (Å²) in [5.41, 5.74) is 12.4. The molecule has 0 fully saturated rings. The molecule has 1 heterocycles. The molecule has 0 unspecified atom stereocenters. The number of nitrogens with zero attached hydrogens (tertiary/aromatic N) is 1. The molecule has 0 saturated carbocycles. The van der Waals surface area contributed by atoms with E-state index in [0.29, 0.717) is 0 Å². The van der Waals surface area contributed by atoms with Crippen LogP contribution in [0.3, 0.4) is 0 Å². The largest absolute Gasteiger partial charge is 0.456 e. The average Bonchev–Trinajstić information content (AvgIpc) is 3.34. The zero-order chi connectivity index (χ0) is 34.4. The summed E-state index contributed by atoms with van der Waals surface area (Å²) in [6.45, 7) is 0. The van der Waals surface area contributed by atoms with Crippen molar-refractivity contribution < 1.29 is 4.74 Å². The predicted octanol–water partition coefficient (Wildman–Crippen LogP) is 14.2. The highest BCUT2D eigenvalue weighted by atomic mass is 16.5. The first-order valence-electron chi connectivity index (χ1n) is 17.7. The Bertz CT molecular complexity index is 2750. The fourth-order valence-electron chi connectivity index (χ4n) is 7.60. The van der Waals surface area contributed by atoms with Crippen LogP contribution in [0.1, 0.15) is 0 Å². The summed E-state index contributed by atoms with van der Waals surface area (Å²) in [4.78, 5) is 2.33. The van der Waals surface area contributed by atoms with E-state index in [2.05, 4.69) is 205 Å². The standard InChI is InChI=1S/C50H33NO/c1-3-11-34(12-4-1)37-19-23-42(24-20-37)51(43-25-21-36-15-7-8-16-38(36)29-43)44-26-28-46-45-27-22-41(35-13-5-2-6-14-35)30-47(45)48-31-39-17-9-10-18-40(39)32-49(48)52-50(46)33-44/h1-33H. The number of fused-ring (bicyclic) bond motifs is 7. The Kier molecular flexibility index (Phi) is 7.18. The number of hydrogen-bond acceptors (Lipinski definition) is 2. The van der Waals surface area contributed by atoms with Gasteiger partial charge in [-0.2, -0.15) is 0 Å². The van der Waals surface area contributed by atoms with E-state index in [1.165, 1.54) is 38.4 Å². The smallest absolute Gasteiger partial charge is 0.137 e. The van der Waals surface area contributed by atoms with Gasteiger partial charge in [-0.3, -0.25) is 0 Å². The van der Waals surface area contributed by atoms with Crippen molar-refractivity contribution in [3.63, 3.8) is 0 Å². The van der Waals surface area contributed by atoms with Crippen LogP contribution in [0.5, 0.6) is 11.5 Å². The molecule has 2 nitrogen and oxygen atoms in total. The van der Waals surface area contributed by atoms with Crippen LogP contribution in [-0.4, -0.2) is 0 Å². The Morgan fingerprint density at radius 2 is 0.769 bits per heavy atom. The molecular formula is C50H33NO. The van der Waals surface area contributed by atoms with Crippen LogP contribution in [0.2, 0.25) is 0 Å². The molecule has 0 aliphatic carbocycles. The average molecular weight is 664 g/mol. The molecule has 0 radical (unpaired) electrons. The number of rotatable bonds is 5. The molecule has 0 saturated heterocycles. The van der Waals surface area contributed by atoms with Gasteiger partial charge in [0, 0.05) is 34.3 Å². The third-order valence-electron chi connectivity index (χ3n) is 10.2. The molecule has 0 bridgehead atoms. The summed E-state index contributed by atoms with van der Waals surface area (Å²) < 4.78 is 7.02. The van der Waals surface area contributed by atoms with Gasteiger partial charge in [-0.1, -0.05) is 140 Å². The van der Waals surface area contributed by atoms with Gasteiger partial charge in [0.2, 0.25) is 0 Å². The van der Waals surface area contributed by atoms with E-state index in [9.17, 15) is 0 Å². The fraction of sp³-hybridized carbons (Fsp3) is 0. The van der Waals surface area contributed by atoms with Crippen molar-refractivity contribution in [2.24, 2.45) is 0 Å². The molecule has 0 aromatic heterocycles. The van der Waals surface area contributed by atoms with Crippen molar-refractivity contribution in [2.45, 2.75) is 0 Å². The van der Waals surface area contributed by atoms with Crippen LogP contribution in [0, 0.1) is 0 Å². The molecule has 0 N–H and O–H groups in total. The molecule has 0 amide bonds. The summed E-state index contributed by atoms with van der Waals surface area (Å²) in [5.74, 6) is 1.68. The van der Waals surface area contributed by atoms with E-state index in [-0.39, 0.29) is 0 Å². The molecule has 0 spiro atoms. The molecule has 52 heavy (non-hydrogen) atoms. The Morgan fingerprint density at radius 1 is 0.269 bits per heavy atom. The van der Waals surface area contributed by atoms with E-state index < -0.39 is 0 Å². The SMILES string of the molecule is c1ccc(-c2ccc(N(c3ccc4c(c3)Oc3cc5ccccc5cc3-c3cc(-c5ccccc5)ccc3-4)c3ccc4ccccc4c3)cc2)cc1. The fourth-order valence-corrected chi connectivity index (χ4v) is 7.60. The van der Waals surface area contributed by atoms with Crippen LogP contribution in [0.15, 0.2) is 200 Å². The van der Waals surface area contributed by atoms with Gasteiger partial charge < -0.3 is 9.64 Å². The van der Waals surface area contributed by atoms with Crippen molar-refractivity contribution in [1.82, 2.24) is 0 Å². The Balaban J connectivity index is 1.16. The Labute approximate surface area is 303 Å². The summed E-state index contributed by atoms with van der Waals surface area (Å²) >= 11 is 0. The maximum Gasteiger partial charge on any atom is 0.137 e. The third kappa shape index (κ3) is 5.30. The topological polar surface area (TPSA) is 12.5 Å². The molecule has 1 aliphatic rings. The Hall–Kier alpha value is -6.90. The van der Waals surface area contributed by atoms with Crippen molar-refractivity contribution in [3.8, 4) is 56.0 Å². The van der Waals surface area contributed by atoms with Crippen LogP contribution in [-0.2, 0) is 0 Å². The minimum Gasteiger partial charge on any atom is -0.456 e. The van der Waals surface area contributed by atoms with E-state index in [1.807, 2.05) is 0 Å². The molecule has 9 aromatic carbocycles. The highest BCUT2D eigenvalue weighted by Crippen LogP contribution is 2.51. The lowest BCUT2D eigenvalue weighted by Crippen LogP contribution is -2.10. The predicted molar refractivity (Wildman–Crippen MR) is 218 cm³/mol. The Morgan fingerprint density at radius 3 is 1.50 bits per heavy atom. The third-order valence-corrected chi connectivity index (χ3v) is 10.2. The second-order valence-electron chi connectivity index (χ2n) is 13.4. The first kappa shape index (κ1) is 30.0. The minimum absolute atomic E-state index is 0.826. The van der Waals surface area contributed by atoms with Gasteiger partial charge >= 0.3 is 0 Å². The summed E-state index contributed by atoms with van der Waals surface area (Å²) in [7, 11) is 0. The maximum atomic E-state index is 7.02. The lowest BCUT2D eigenvalue weighted by atomic mass is 9.90. The van der Waals surface area contributed by atoms with Gasteiger partial charge in [-0.05, 0) is 110 Å². The highest BCUT2D eigenvalue weighted by Gasteiger charge is 2.24. The number of benzene rings is 9. The van der Waals surface area contributed by atoms with Crippen LogP contribution < -0.4 is 9.64 Å². The quantitative estimate of drug-likeness (QED) is 0.182. The van der Waals surface area contributed by atoms with Crippen LogP contribution in [0.25, 0.3) is 66.1 Å². The van der Waals surface area contributed by atoms with Gasteiger partial charge in [0.05, 0.1) is 0 Å². The zero-order valence-corrected chi connectivity index (χ0v) is 28.4. The summed E-state index contributed by atoms with van der Waals surface area (Å²) in [6, 6.07) is 71.7. The number of hydrogen-bond donors (Lipinski definition) is 0. The van der Waals surface area contributed by atoms with E-state index in [4.69, 9.17) is 4.74 Å². The lowest BCUT2D eigenvalue weighted by molar-refractivity contribution is 0.488. The van der Waals surface area contributed by atoms with Crippen molar-refractivity contribution in [2.75, 3.05) is 4.90 Å². The second-order valence-corrected chi connectivity index (χ2v) is 13.4. The molecule has 2 heteroatoms. The first-order valence-corrected chi connectivity index (χ1v) is 17.7. The molecule has 1 aliphatic heterocycles. The molecule has 244 valence electrons. The van der Waals surface area contributed by atoms with Gasteiger partial charge in [0.1, 0.15) is 11.5 Å². The normalized spacial score (nSPS) is 11.6. The second kappa shape index (κ2) is 12.5. The number of anilines is 3. The minimum atomic E-state index is 0.826. The van der Waals surface area contributed by atoms with E-state index in [0.717, 1.165) is 56.2 Å². The van der Waals surface area contributed by atoms with Crippen LogP contribution in [0.4, 0.5) is 17.1 Å². The van der Waals surface area contributed by atoms with Crippen molar-refractivity contribution in [1.29, 1.82) is 0 Å². The zero-order valence-electron chi connectivity index (χ0n) is 28.4. The molecule has 0 atom stereocenters. The van der Waals surface area contributed by atoms with E-state index in [1.54, 1.807) is 0 Å². The first-order chi connectivity index (χ1) is 25.7. The highest BCUT2D eigenvalue weighted by molar-refractivity contribution is 5.99. The van der Waals surface area contributed by atoms with Gasteiger partial charge in [-0.25, -0.2) is 0 Å². The summed E-state index contributed by atoms with van der Waals surface area (Å²) in [5, 5.41) is 4.75. The van der Waals surface area contributed by atoms with Gasteiger partial charge in [0.25, 0.3) is 0 Å². The van der Waals surface area contributed by atoms with Crippen molar-refractivity contribution in [3.05, 3.63) is 200 Å². The maximum absolute atomic E-state index is 7.02. The molecule has 10 rings (SSSR count). The monoisotopic (exact) mass is 663 g/mol. The van der Waals surface area contributed by atoms with Crippen molar-refractivity contribution >= 4 is 38.6 Å². The summed E-state index contributed by atoms with van der Waals surface area (Å²) in [6.07, 6.45) is 0. The van der Waals surface area contributed by atoms with Crippen LogP contribution >= 0.6 is 0 Å². The van der Waals surface area contributed by atoms with Gasteiger partial charge in [0.15, 0.2) is 0 Å². The lowest BCUT2D eigenvalue weighted by Gasteiger charge is -2.27. The van der Waals surface area contributed by atoms with E-state index >= 15 is 0 Å². The molecular weight excluding hydrogens is 631 g/mol. The number of ether oxygens (including phenoxy) is 1. The molecule has 9 aromatic rings. The van der Waals surface area contributed by atoms with Gasteiger partial charge in [-0.15, -0.1) is 0 Å².